The first kappa shape index (κ1) is 12.4. The van der Waals surface area contributed by atoms with E-state index in [4.69, 9.17) is 4.74 Å². The fraction of sp³-hybridized carbons (Fsp3) is 0.385. The molecule has 3 nitrogen and oxygen atoms in total. The van der Waals surface area contributed by atoms with Gasteiger partial charge in [-0.3, -0.25) is 4.99 Å². The number of nitrogens with zero attached hydrogens (tertiary/aromatic N) is 1. The number of ether oxygens (including phenoxy) is 1. The summed E-state index contributed by atoms with van der Waals surface area (Å²) in [6.07, 6.45) is 2.60. The zero-order chi connectivity index (χ0) is 12.0. The van der Waals surface area contributed by atoms with Crippen LogP contribution < -0.4 is 4.74 Å². The standard InChI is InChI=1S/C13H17NO2/c1-10(2)13(9-15)14-8-11-4-6-12(16-3)7-5-11/h4-10,13H,1-3H3/b14-8+/t13-/m1/s1. The van der Waals surface area contributed by atoms with Crippen LogP contribution in [0, 0.1) is 5.92 Å². The van der Waals surface area contributed by atoms with E-state index in [0.29, 0.717) is 0 Å². The maximum absolute atomic E-state index is 10.7. The molecule has 0 radical (unpaired) electrons. The fourth-order valence-electron chi connectivity index (χ4n) is 1.23. The second-order valence-corrected chi connectivity index (χ2v) is 3.92. The lowest BCUT2D eigenvalue weighted by molar-refractivity contribution is -0.109. The van der Waals surface area contributed by atoms with Crippen LogP contribution in [0.2, 0.25) is 0 Å². The Morgan fingerprint density at radius 1 is 1.25 bits per heavy atom. The Morgan fingerprint density at radius 2 is 1.88 bits per heavy atom. The Morgan fingerprint density at radius 3 is 2.31 bits per heavy atom. The van der Waals surface area contributed by atoms with E-state index >= 15 is 0 Å². The third-order valence-corrected chi connectivity index (χ3v) is 2.33. The first-order valence-corrected chi connectivity index (χ1v) is 5.30. The van der Waals surface area contributed by atoms with Gasteiger partial charge in [0.05, 0.1) is 7.11 Å². The number of hydrogen-bond donors (Lipinski definition) is 0. The summed E-state index contributed by atoms with van der Waals surface area (Å²) in [5, 5.41) is 0. The first-order chi connectivity index (χ1) is 7.67. The van der Waals surface area contributed by atoms with Crippen molar-refractivity contribution in [1.29, 1.82) is 0 Å². The van der Waals surface area contributed by atoms with Crippen LogP contribution in [-0.4, -0.2) is 25.7 Å². The molecule has 0 fully saturated rings. The van der Waals surface area contributed by atoms with Crippen molar-refractivity contribution < 1.29 is 9.53 Å². The summed E-state index contributed by atoms with van der Waals surface area (Å²) in [4.78, 5) is 15.0. The van der Waals surface area contributed by atoms with Crippen molar-refractivity contribution in [2.24, 2.45) is 10.9 Å². The third-order valence-electron chi connectivity index (χ3n) is 2.33. The van der Waals surface area contributed by atoms with Gasteiger partial charge < -0.3 is 9.53 Å². The van der Waals surface area contributed by atoms with Gasteiger partial charge in [-0.1, -0.05) is 13.8 Å². The summed E-state index contributed by atoms with van der Waals surface area (Å²) < 4.78 is 5.05. The summed E-state index contributed by atoms with van der Waals surface area (Å²) >= 11 is 0. The molecular formula is C13H17NO2. The lowest BCUT2D eigenvalue weighted by Crippen LogP contribution is -2.14. The number of carbonyl (C=O) groups excluding carboxylic acids is 1. The number of hydrogen-bond acceptors (Lipinski definition) is 3. The summed E-state index contributed by atoms with van der Waals surface area (Å²) in [6.45, 7) is 3.95. The molecule has 0 spiro atoms. The Balaban J connectivity index is 2.71. The molecular weight excluding hydrogens is 202 g/mol. The molecule has 3 heteroatoms. The minimum Gasteiger partial charge on any atom is -0.497 e. The van der Waals surface area contributed by atoms with Gasteiger partial charge in [0, 0.05) is 6.21 Å². The van der Waals surface area contributed by atoms with Crippen molar-refractivity contribution in [3.63, 3.8) is 0 Å². The van der Waals surface area contributed by atoms with Crippen LogP contribution in [0.1, 0.15) is 19.4 Å². The molecule has 1 atom stereocenters. The molecule has 0 unspecified atom stereocenters. The summed E-state index contributed by atoms with van der Waals surface area (Å²) in [7, 11) is 1.63. The van der Waals surface area contributed by atoms with E-state index in [0.717, 1.165) is 17.6 Å². The molecule has 1 aromatic carbocycles. The van der Waals surface area contributed by atoms with Gasteiger partial charge in [0.1, 0.15) is 18.1 Å². The highest BCUT2D eigenvalue weighted by molar-refractivity contribution is 5.81. The highest BCUT2D eigenvalue weighted by atomic mass is 16.5. The zero-order valence-corrected chi connectivity index (χ0v) is 9.88. The van der Waals surface area contributed by atoms with Gasteiger partial charge in [0.2, 0.25) is 0 Å². The second-order valence-electron chi connectivity index (χ2n) is 3.92. The van der Waals surface area contributed by atoms with Crippen molar-refractivity contribution in [2.75, 3.05) is 7.11 Å². The number of rotatable bonds is 5. The SMILES string of the molecule is COc1ccc(/C=N/[C@H](C=O)C(C)C)cc1. The van der Waals surface area contributed by atoms with E-state index < -0.39 is 0 Å². The van der Waals surface area contributed by atoms with Crippen molar-refractivity contribution in [3.05, 3.63) is 29.8 Å². The van der Waals surface area contributed by atoms with Crippen LogP contribution in [0.3, 0.4) is 0 Å². The molecule has 0 aliphatic heterocycles. The van der Waals surface area contributed by atoms with Gasteiger partial charge in [-0.2, -0.15) is 0 Å². The molecule has 0 amide bonds. The maximum Gasteiger partial charge on any atom is 0.144 e. The van der Waals surface area contributed by atoms with Crippen LogP contribution in [0.4, 0.5) is 0 Å². The number of methoxy groups -OCH3 is 1. The molecule has 0 bridgehead atoms. The summed E-state index contributed by atoms with van der Waals surface area (Å²) in [5.41, 5.74) is 0.966. The van der Waals surface area contributed by atoms with E-state index in [-0.39, 0.29) is 12.0 Å². The highest BCUT2D eigenvalue weighted by Gasteiger charge is 2.08. The third kappa shape index (κ3) is 3.50. The fourth-order valence-corrected chi connectivity index (χ4v) is 1.23. The van der Waals surface area contributed by atoms with Gasteiger partial charge in [0.15, 0.2) is 0 Å². The monoisotopic (exact) mass is 219 g/mol. The quantitative estimate of drug-likeness (QED) is 0.563. The molecule has 1 aromatic rings. The minimum absolute atomic E-state index is 0.229. The number of benzene rings is 1. The lowest BCUT2D eigenvalue weighted by Gasteiger charge is -2.07. The lowest BCUT2D eigenvalue weighted by atomic mass is 10.1. The van der Waals surface area contributed by atoms with Gasteiger partial charge in [-0.05, 0) is 35.7 Å². The molecule has 16 heavy (non-hydrogen) atoms. The average Bonchev–Trinajstić information content (AvgIpc) is 2.30. The smallest absolute Gasteiger partial charge is 0.144 e. The van der Waals surface area contributed by atoms with Gasteiger partial charge in [-0.15, -0.1) is 0 Å². The predicted octanol–water partition coefficient (Wildman–Crippen LogP) is 2.34. The largest absolute Gasteiger partial charge is 0.497 e. The first-order valence-electron chi connectivity index (χ1n) is 5.30. The van der Waals surface area contributed by atoms with Crippen LogP contribution in [0.15, 0.2) is 29.3 Å². The van der Waals surface area contributed by atoms with Crippen LogP contribution in [0.5, 0.6) is 5.75 Å². The maximum atomic E-state index is 10.7. The van der Waals surface area contributed by atoms with Crippen molar-refractivity contribution in [2.45, 2.75) is 19.9 Å². The molecule has 86 valence electrons. The molecule has 0 saturated heterocycles. The summed E-state index contributed by atoms with van der Waals surface area (Å²) in [5.74, 6) is 1.04. The number of carbonyl (C=O) groups is 1. The zero-order valence-electron chi connectivity index (χ0n) is 9.88. The molecule has 0 aliphatic rings. The Kier molecular flexibility index (Phi) is 4.70. The average molecular weight is 219 g/mol. The van der Waals surface area contributed by atoms with Crippen molar-refractivity contribution in [3.8, 4) is 5.75 Å². The second kappa shape index (κ2) is 6.05. The van der Waals surface area contributed by atoms with E-state index in [1.54, 1.807) is 13.3 Å². The normalized spacial score (nSPS) is 13.0. The van der Waals surface area contributed by atoms with Crippen LogP contribution >= 0.6 is 0 Å². The number of aldehydes is 1. The summed E-state index contributed by atoms with van der Waals surface area (Å²) in [6, 6.07) is 7.29. The Labute approximate surface area is 96.2 Å². The van der Waals surface area contributed by atoms with E-state index in [1.807, 2.05) is 38.1 Å². The highest BCUT2D eigenvalue weighted by Crippen LogP contribution is 2.10. The van der Waals surface area contributed by atoms with Crippen LogP contribution in [-0.2, 0) is 4.79 Å². The van der Waals surface area contributed by atoms with E-state index in [1.165, 1.54) is 0 Å². The van der Waals surface area contributed by atoms with Gasteiger partial charge in [0.25, 0.3) is 0 Å². The van der Waals surface area contributed by atoms with E-state index in [2.05, 4.69) is 4.99 Å². The topological polar surface area (TPSA) is 38.7 Å². The molecule has 0 aliphatic carbocycles. The predicted molar refractivity (Wildman–Crippen MR) is 65.3 cm³/mol. The van der Waals surface area contributed by atoms with E-state index in [9.17, 15) is 4.79 Å². The number of aliphatic imine (C=N–C) groups is 1. The van der Waals surface area contributed by atoms with Crippen molar-refractivity contribution in [1.82, 2.24) is 0 Å². The molecule has 0 saturated carbocycles. The molecule has 1 rings (SSSR count). The van der Waals surface area contributed by atoms with Gasteiger partial charge in [-0.25, -0.2) is 0 Å². The van der Waals surface area contributed by atoms with Gasteiger partial charge >= 0.3 is 0 Å². The molecule has 0 aromatic heterocycles. The minimum atomic E-state index is -0.262. The molecule has 0 heterocycles. The Hall–Kier alpha value is -1.64. The molecule has 0 N–H and O–H groups in total. The van der Waals surface area contributed by atoms with Crippen LogP contribution in [0.25, 0.3) is 0 Å². The van der Waals surface area contributed by atoms with Crippen molar-refractivity contribution >= 4 is 12.5 Å². The Bertz CT molecular complexity index is 355.